The summed E-state index contributed by atoms with van der Waals surface area (Å²) < 4.78 is 38.5. The zero-order chi connectivity index (χ0) is 25.1. The van der Waals surface area contributed by atoms with Gasteiger partial charge >= 0.3 is 5.97 Å². The van der Waals surface area contributed by atoms with E-state index >= 15 is 0 Å². The van der Waals surface area contributed by atoms with Crippen LogP contribution in [-0.4, -0.2) is 40.1 Å². The van der Waals surface area contributed by atoms with Gasteiger partial charge in [-0.2, -0.15) is 0 Å². The van der Waals surface area contributed by atoms with Crippen LogP contribution in [0.25, 0.3) is 0 Å². The Balaban J connectivity index is 1.30. The second-order valence-electron chi connectivity index (χ2n) is 7.48. The molecule has 0 saturated carbocycles. The molecule has 1 amide bonds. The summed E-state index contributed by atoms with van der Waals surface area (Å²) in [6, 6.07) is 22.6. The van der Waals surface area contributed by atoms with Gasteiger partial charge in [-0.1, -0.05) is 42.5 Å². The maximum atomic E-state index is 11.9. The average molecular weight is 499 g/mol. The number of carbonyl (C=O) groups is 2. The van der Waals surface area contributed by atoms with Crippen LogP contribution in [0.3, 0.4) is 0 Å². The summed E-state index contributed by atoms with van der Waals surface area (Å²) in [5, 5.41) is 7.68. The number of benzene rings is 3. The monoisotopic (exact) mass is 498 g/mol. The molecule has 0 bridgehead atoms. The Bertz CT molecular complexity index is 1210. The predicted octanol–water partition coefficient (Wildman–Crippen LogP) is 2.19. The molecule has 184 valence electrons. The van der Waals surface area contributed by atoms with E-state index in [1.165, 1.54) is 12.1 Å². The molecule has 0 saturated heterocycles. The third-order valence-corrected chi connectivity index (χ3v) is 5.71. The van der Waals surface area contributed by atoms with E-state index in [4.69, 9.17) is 19.3 Å². The normalized spacial score (nSPS) is 10.9. The number of nitrogens with two attached hydrogens (primary N) is 1. The minimum Gasteiger partial charge on any atom is -0.489 e. The van der Waals surface area contributed by atoms with Crippen LogP contribution < -0.4 is 19.9 Å². The summed E-state index contributed by atoms with van der Waals surface area (Å²) in [6.07, 6.45) is 0.471. The first-order chi connectivity index (χ1) is 16.8. The highest BCUT2D eigenvalue weighted by Gasteiger charge is 2.10. The number of nitrogens with one attached hydrogen (secondary N) is 1. The third kappa shape index (κ3) is 9.11. The fourth-order valence-corrected chi connectivity index (χ4v) is 3.46. The summed E-state index contributed by atoms with van der Waals surface area (Å²) >= 11 is 0. The molecule has 0 fully saturated rings. The van der Waals surface area contributed by atoms with Crippen molar-refractivity contribution in [1.82, 2.24) is 5.32 Å². The van der Waals surface area contributed by atoms with Crippen LogP contribution in [0.4, 0.5) is 0 Å². The number of carbonyl (C=O) groups excluding carboxylic acids is 2. The SMILES string of the molecule is NS(=O)(=O)c1ccc(CCNC(=O)COC(=O)COc2ccc(OCc3ccccc3)cc2)cc1. The van der Waals surface area contributed by atoms with E-state index in [-0.39, 0.29) is 11.5 Å². The summed E-state index contributed by atoms with van der Waals surface area (Å²) in [7, 11) is -3.74. The number of ether oxygens (including phenoxy) is 3. The number of primary sulfonamides is 1. The molecular weight excluding hydrogens is 472 g/mol. The third-order valence-electron chi connectivity index (χ3n) is 4.78. The molecular formula is C25H26N2O7S. The molecule has 0 heterocycles. The van der Waals surface area contributed by atoms with E-state index in [1.807, 2.05) is 30.3 Å². The fraction of sp³-hybridized carbons (Fsp3) is 0.200. The van der Waals surface area contributed by atoms with E-state index in [2.05, 4.69) is 5.32 Å². The van der Waals surface area contributed by atoms with Gasteiger partial charge in [-0.3, -0.25) is 4.79 Å². The second kappa shape index (κ2) is 12.5. The van der Waals surface area contributed by atoms with Gasteiger partial charge < -0.3 is 19.5 Å². The predicted molar refractivity (Wildman–Crippen MR) is 128 cm³/mol. The molecule has 3 aromatic rings. The maximum Gasteiger partial charge on any atom is 0.344 e. The van der Waals surface area contributed by atoms with Crippen molar-refractivity contribution in [3.05, 3.63) is 90.0 Å². The standard InChI is InChI=1S/C25H26N2O7S/c26-35(30,31)23-12-6-19(7-13-23)14-15-27-24(28)17-34-25(29)18-33-22-10-8-21(9-11-22)32-16-20-4-2-1-3-5-20/h1-13H,14-18H2,(H,27,28)(H2,26,30,31). The lowest BCUT2D eigenvalue weighted by molar-refractivity contribution is -0.150. The van der Waals surface area contributed by atoms with Crippen LogP contribution in [0.2, 0.25) is 0 Å². The second-order valence-corrected chi connectivity index (χ2v) is 9.05. The molecule has 0 atom stereocenters. The molecule has 0 aliphatic carbocycles. The topological polar surface area (TPSA) is 134 Å². The van der Waals surface area contributed by atoms with Gasteiger partial charge in [0.25, 0.3) is 5.91 Å². The van der Waals surface area contributed by atoms with Gasteiger partial charge in [0.15, 0.2) is 13.2 Å². The van der Waals surface area contributed by atoms with Crippen molar-refractivity contribution in [2.24, 2.45) is 5.14 Å². The first-order valence-electron chi connectivity index (χ1n) is 10.7. The molecule has 10 heteroatoms. The largest absolute Gasteiger partial charge is 0.489 e. The molecule has 0 aliphatic heterocycles. The molecule has 0 radical (unpaired) electrons. The molecule has 9 nitrogen and oxygen atoms in total. The highest BCUT2D eigenvalue weighted by molar-refractivity contribution is 7.89. The maximum absolute atomic E-state index is 11.9. The lowest BCUT2D eigenvalue weighted by Gasteiger charge is -2.09. The van der Waals surface area contributed by atoms with Crippen LogP contribution in [-0.2, 0) is 37.4 Å². The molecule has 3 rings (SSSR count). The van der Waals surface area contributed by atoms with E-state index in [1.54, 1.807) is 36.4 Å². The molecule has 35 heavy (non-hydrogen) atoms. The van der Waals surface area contributed by atoms with Crippen molar-refractivity contribution in [3.8, 4) is 11.5 Å². The van der Waals surface area contributed by atoms with Gasteiger partial charge in [0.05, 0.1) is 4.90 Å². The van der Waals surface area contributed by atoms with Crippen molar-refractivity contribution in [2.75, 3.05) is 19.8 Å². The van der Waals surface area contributed by atoms with Crippen LogP contribution >= 0.6 is 0 Å². The molecule has 3 aromatic carbocycles. The Kier molecular flexibility index (Phi) is 9.22. The lowest BCUT2D eigenvalue weighted by Crippen LogP contribution is -2.31. The van der Waals surface area contributed by atoms with E-state index < -0.39 is 28.5 Å². The van der Waals surface area contributed by atoms with E-state index in [0.717, 1.165) is 11.1 Å². The number of hydrogen-bond donors (Lipinski definition) is 2. The van der Waals surface area contributed by atoms with Gasteiger partial charge in [-0.25, -0.2) is 18.4 Å². The quantitative estimate of drug-likeness (QED) is 0.366. The van der Waals surface area contributed by atoms with Crippen LogP contribution in [0, 0.1) is 0 Å². The Hall–Kier alpha value is -3.89. The molecule has 0 spiro atoms. The van der Waals surface area contributed by atoms with Crippen LogP contribution in [0.15, 0.2) is 83.8 Å². The molecule has 0 aromatic heterocycles. The number of hydrogen-bond acceptors (Lipinski definition) is 7. The van der Waals surface area contributed by atoms with Crippen molar-refractivity contribution in [3.63, 3.8) is 0 Å². The number of rotatable bonds is 12. The molecule has 0 aliphatic rings. The van der Waals surface area contributed by atoms with Crippen LogP contribution in [0.1, 0.15) is 11.1 Å². The summed E-state index contributed by atoms with van der Waals surface area (Å²) in [5.41, 5.74) is 1.87. The zero-order valence-electron chi connectivity index (χ0n) is 18.9. The van der Waals surface area contributed by atoms with Crippen molar-refractivity contribution in [2.45, 2.75) is 17.9 Å². The minimum atomic E-state index is -3.74. The van der Waals surface area contributed by atoms with E-state index in [9.17, 15) is 18.0 Å². The van der Waals surface area contributed by atoms with Crippen molar-refractivity contribution >= 4 is 21.9 Å². The first kappa shape index (κ1) is 25.7. The smallest absolute Gasteiger partial charge is 0.344 e. The number of esters is 1. The highest BCUT2D eigenvalue weighted by Crippen LogP contribution is 2.18. The fourth-order valence-electron chi connectivity index (χ4n) is 2.95. The Labute approximate surface area is 203 Å². The number of sulfonamides is 1. The first-order valence-corrected chi connectivity index (χ1v) is 12.3. The highest BCUT2D eigenvalue weighted by atomic mass is 32.2. The lowest BCUT2D eigenvalue weighted by atomic mass is 10.1. The zero-order valence-corrected chi connectivity index (χ0v) is 19.7. The van der Waals surface area contributed by atoms with Crippen LogP contribution in [0.5, 0.6) is 11.5 Å². The average Bonchev–Trinajstić information content (AvgIpc) is 2.86. The van der Waals surface area contributed by atoms with Crippen molar-refractivity contribution in [1.29, 1.82) is 0 Å². The molecule has 0 unspecified atom stereocenters. The van der Waals surface area contributed by atoms with Gasteiger partial charge in [-0.05, 0) is 53.9 Å². The Morgan fingerprint density at radius 2 is 1.40 bits per heavy atom. The minimum absolute atomic E-state index is 0.0201. The summed E-state index contributed by atoms with van der Waals surface area (Å²) in [4.78, 5) is 23.7. The number of amides is 1. The Morgan fingerprint density at radius 3 is 2.03 bits per heavy atom. The van der Waals surface area contributed by atoms with Gasteiger partial charge in [0.2, 0.25) is 10.0 Å². The van der Waals surface area contributed by atoms with Gasteiger partial charge in [-0.15, -0.1) is 0 Å². The van der Waals surface area contributed by atoms with E-state index in [0.29, 0.717) is 31.1 Å². The van der Waals surface area contributed by atoms with Crippen molar-refractivity contribution < 1.29 is 32.2 Å². The van der Waals surface area contributed by atoms with Gasteiger partial charge in [0.1, 0.15) is 18.1 Å². The molecule has 3 N–H and O–H groups in total. The van der Waals surface area contributed by atoms with Gasteiger partial charge in [0, 0.05) is 6.54 Å². The Morgan fingerprint density at radius 1 is 0.771 bits per heavy atom. The summed E-state index contributed by atoms with van der Waals surface area (Å²) in [6.45, 7) is -0.0344. The summed E-state index contributed by atoms with van der Waals surface area (Å²) in [5.74, 6) is -0.00437.